The Bertz CT molecular complexity index is 473. The third kappa shape index (κ3) is 3.56. The van der Waals surface area contributed by atoms with Gasteiger partial charge in [0.15, 0.2) is 0 Å². The Balaban J connectivity index is 2.85. The van der Waals surface area contributed by atoms with Crippen molar-refractivity contribution >= 4 is 17.9 Å². The third-order valence-electron chi connectivity index (χ3n) is 1.94. The zero-order valence-corrected chi connectivity index (χ0v) is 9.42. The van der Waals surface area contributed by atoms with Gasteiger partial charge in [0.1, 0.15) is 12.4 Å². The SMILES string of the molecule is C=CCOC(=O)Nc1ncc(C(=O)O)cc1CO. The van der Waals surface area contributed by atoms with E-state index in [9.17, 15) is 9.59 Å². The molecule has 96 valence electrons. The molecule has 1 heterocycles. The highest BCUT2D eigenvalue weighted by molar-refractivity contribution is 5.89. The van der Waals surface area contributed by atoms with Crippen molar-refractivity contribution in [3.8, 4) is 0 Å². The number of amides is 1. The molecule has 0 spiro atoms. The molecular formula is C11H12N2O5. The highest BCUT2D eigenvalue weighted by atomic mass is 16.5. The van der Waals surface area contributed by atoms with Crippen LogP contribution in [0.1, 0.15) is 15.9 Å². The Morgan fingerprint density at radius 1 is 1.56 bits per heavy atom. The van der Waals surface area contributed by atoms with Crippen LogP contribution >= 0.6 is 0 Å². The molecule has 3 N–H and O–H groups in total. The maximum Gasteiger partial charge on any atom is 0.413 e. The first-order valence-corrected chi connectivity index (χ1v) is 4.96. The average molecular weight is 252 g/mol. The first kappa shape index (κ1) is 13.7. The number of aliphatic hydroxyl groups is 1. The number of carbonyl (C=O) groups excluding carboxylic acids is 1. The Labute approximate surface area is 103 Å². The predicted molar refractivity (Wildman–Crippen MR) is 62.3 cm³/mol. The minimum atomic E-state index is -1.17. The number of rotatable bonds is 5. The number of hydrogen-bond donors (Lipinski definition) is 3. The van der Waals surface area contributed by atoms with Crippen LogP contribution in [-0.2, 0) is 11.3 Å². The van der Waals surface area contributed by atoms with E-state index < -0.39 is 18.7 Å². The molecule has 0 aliphatic carbocycles. The van der Waals surface area contributed by atoms with E-state index in [0.717, 1.165) is 6.20 Å². The van der Waals surface area contributed by atoms with Crippen LogP contribution in [0.2, 0.25) is 0 Å². The van der Waals surface area contributed by atoms with Crippen molar-refractivity contribution in [1.82, 2.24) is 4.98 Å². The molecule has 0 fully saturated rings. The summed E-state index contributed by atoms with van der Waals surface area (Å²) < 4.78 is 4.67. The maximum absolute atomic E-state index is 11.2. The third-order valence-corrected chi connectivity index (χ3v) is 1.94. The van der Waals surface area contributed by atoms with Crippen LogP contribution in [0.4, 0.5) is 10.6 Å². The van der Waals surface area contributed by atoms with Crippen LogP contribution < -0.4 is 5.32 Å². The van der Waals surface area contributed by atoms with E-state index in [-0.39, 0.29) is 23.6 Å². The molecule has 0 saturated carbocycles. The number of aromatic carboxylic acids is 1. The first-order chi connectivity index (χ1) is 8.58. The monoisotopic (exact) mass is 252 g/mol. The quantitative estimate of drug-likeness (QED) is 0.675. The summed E-state index contributed by atoms with van der Waals surface area (Å²) in [5.41, 5.74) is 0.106. The molecular weight excluding hydrogens is 240 g/mol. The Morgan fingerprint density at radius 2 is 2.28 bits per heavy atom. The fraction of sp³-hybridized carbons (Fsp3) is 0.182. The Hall–Kier alpha value is -2.41. The van der Waals surface area contributed by atoms with Gasteiger partial charge in [-0.2, -0.15) is 0 Å². The van der Waals surface area contributed by atoms with Crippen molar-refractivity contribution < 1.29 is 24.5 Å². The second-order valence-electron chi connectivity index (χ2n) is 3.21. The summed E-state index contributed by atoms with van der Waals surface area (Å²) in [5, 5.41) is 20.1. The van der Waals surface area contributed by atoms with Gasteiger partial charge >= 0.3 is 12.1 Å². The molecule has 7 heteroatoms. The lowest BCUT2D eigenvalue weighted by atomic mass is 10.2. The summed E-state index contributed by atoms with van der Waals surface area (Å²) in [4.78, 5) is 25.7. The van der Waals surface area contributed by atoms with Gasteiger partial charge in [-0.15, -0.1) is 0 Å². The molecule has 0 radical (unpaired) electrons. The minimum absolute atomic E-state index is 0.0352. The summed E-state index contributed by atoms with van der Waals surface area (Å²) in [6.07, 6.45) is 1.71. The van der Waals surface area contributed by atoms with Gasteiger partial charge in [0, 0.05) is 11.8 Å². The molecule has 1 rings (SSSR count). The molecule has 1 aromatic rings. The second-order valence-corrected chi connectivity index (χ2v) is 3.21. The number of hydrogen-bond acceptors (Lipinski definition) is 5. The number of carbonyl (C=O) groups is 2. The molecule has 0 bridgehead atoms. The number of aromatic nitrogens is 1. The summed E-state index contributed by atoms with van der Waals surface area (Å²) in [6, 6.07) is 1.22. The molecule has 0 unspecified atom stereocenters. The molecule has 0 atom stereocenters. The van der Waals surface area contributed by atoms with Crippen LogP contribution in [0, 0.1) is 0 Å². The average Bonchev–Trinajstić information content (AvgIpc) is 2.36. The zero-order chi connectivity index (χ0) is 13.5. The lowest BCUT2D eigenvalue weighted by molar-refractivity contribution is 0.0696. The molecule has 1 aromatic heterocycles. The molecule has 0 saturated heterocycles. The van der Waals surface area contributed by atoms with Crippen LogP contribution in [0.15, 0.2) is 24.9 Å². The predicted octanol–water partition coefficient (Wildman–Crippen LogP) is 1.01. The van der Waals surface area contributed by atoms with E-state index in [2.05, 4.69) is 21.6 Å². The largest absolute Gasteiger partial charge is 0.478 e. The zero-order valence-electron chi connectivity index (χ0n) is 9.42. The fourth-order valence-corrected chi connectivity index (χ4v) is 1.13. The minimum Gasteiger partial charge on any atom is -0.478 e. The lowest BCUT2D eigenvalue weighted by Gasteiger charge is -2.08. The van der Waals surface area contributed by atoms with E-state index in [1.165, 1.54) is 12.1 Å². The summed E-state index contributed by atoms with van der Waals surface area (Å²) in [5.74, 6) is -1.12. The number of carboxylic acid groups (broad SMARTS) is 1. The van der Waals surface area contributed by atoms with E-state index in [4.69, 9.17) is 10.2 Å². The fourth-order valence-electron chi connectivity index (χ4n) is 1.13. The van der Waals surface area contributed by atoms with E-state index >= 15 is 0 Å². The van der Waals surface area contributed by atoms with Crippen LogP contribution in [0.3, 0.4) is 0 Å². The van der Waals surface area contributed by atoms with Gasteiger partial charge in [0.25, 0.3) is 0 Å². The second kappa shape index (κ2) is 6.36. The molecule has 7 nitrogen and oxygen atoms in total. The van der Waals surface area contributed by atoms with E-state index in [1.54, 1.807) is 0 Å². The molecule has 1 amide bonds. The molecule has 0 aliphatic rings. The number of nitrogens with zero attached hydrogens (tertiary/aromatic N) is 1. The van der Waals surface area contributed by atoms with Gasteiger partial charge in [-0.1, -0.05) is 12.7 Å². The molecule has 0 aromatic carbocycles. The summed E-state index contributed by atoms with van der Waals surface area (Å²) >= 11 is 0. The lowest BCUT2D eigenvalue weighted by Crippen LogP contribution is -2.16. The topological polar surface area (TPSA) is 109 Å². The van der Waals surface area contributed by atoms with Gasteiger partial charge in [-0.25, -0.2) is 14.6 Å². The Kier molecular flexibility index (Phi) is 4.82. The standard InChI is InChI=1S/C11H12N2O5/c1-2-3-18-11(17)13-9-8(6-14)4-7(5-12-9)10(15)16/h2,4-5,14H,1,3,6H2,(H,15,16)(H,12,13,17). The number of aliphatic hydroxyl groups excluding tert-OH is 1. The van der Waals surface area contributed by atoms with Gasteiger partial charge in [0.05, 0.1) is 12.2 Å². The number of anilines is 1. The number of pyridine rings is 1. The van der Waals surface area contributed by atoms with Gasteiger partial charge in [-0.3, -0.25) is 5.32 Å². The van der Waals surface area contributed by atoms with Gasteiger partial charge < -0.3 is 14.9 Å². The highest BCUT2D eigenvalue weighted by Crippen LogP contribution is 2.14. The van der Waals surface area contributed by atoms with E-state index in [0.29, 0.717) is 0 Å². The van der Waals surface area contributed by atoms with Crippen molar-refractivity contribution in [3.63, 3.8) is 0 Å². The molecule has 0 aliphatic heterocycles. The van der Waals surface area contributed by atoms with Crippen molar-refractivity contribution in [2.75, 3.05) is 11.9 Å². The van der Waals surface area contributed by atoms with Crippen molar-refractivity contribution in [3.05, 3.63) is 36.0 Å². The van der Waals surface area contributed by atoms with Crippen LogP contribution in [0.25, 0.3) is 0 Å². The molecule has 18 heavy (non-hydrogen) atoms. The number of carboxylic acids is 1. The van der Waals surface area contributed by atoms with Gasteiger partial charge in [0.2, 0.25) is 0 Å². The van der Waals surface area contributed by atoms with Crippen molar-refractivity contribution in [2.24, 2.45) is 0 Å². The van der Waals surface area contributed by atoms with Crippen molar-refractivity contribution in [1.29, 1.82) is 0 Å². The first-order valence-electron chi connectivity index (χ1n) is 4.96. The highest BCUT2D eigenvalue weighted by Gasteiger charge is 2.12. The smallest absolute Gasteiger partial charge is 0.413 e. The number of nitrogens with one attached hydrogen (secondary N) is 1. The summed E-state index contributed by atoms with van der Waals surface area (Å²) in [6.45, 7) is 2.96. The summed E-state index contributed by atoms with van der Waals surface area (Å²) in [7, 11) is 0. The Morgan fingerprint density at radius 3 is 2.83 bits per heavy atom. The van der Waals surface area contributed by atoms with E-state index in [1.807, 2.05) is 0 Å². The van der Waals surface area contributed by atoms with Crippen LogP contribution in [0.5, 0.6) is 0 Å². The maximum atomic E-state index is 11.2. The normalized spacial score (nSPS) is 9.61. The van der Waals surface area contributed by atoms with Crippen LogP contribution in [-0.4, -0.2) is 33.9 Å². The number of ether oxygens (including phenoxy) is 1. The van der Waals surface area contributed by atoms with Crippen molar-refractivity contribution in [2.45, 2.75) is 6.61 Å². The van der Waals surface area contributed by atoms with Gasteiger partial charge in [-0.05, 0) is 6.07 Å².